The van der Waals surface area contributed by atoms with Crippen LogP contribution in [0.5, 0.6) is 0 Å². The summed E-state index contributed by atoms with van der Waals surface area (Å²) in [6, 6.07) is 14.7. The highest BCUT2D eigenvalue weighted by Crippen LogP contribution is 2.24. The summed E-state index contributed by atoms with van der Waals surface area (Å²) in [5.74, 6) is -0.309. The summed E-state index contributed by atoms with van der Waals surface area (Å²) in [7, 11) is -3.35. The lowest BCUT2D eigenvalue weighted by Gasteiger charge is -2.30. The fraction of sp³-hybridized carbons (Fsp3) is 0.333. The predicted octanol–water partition coefficient (Wildman–Crippen LogP) is 3.65. The quantitative estimate of drug-likeness (QED) is 0.623. The Hall–Kier alpha value is -3.13. The molecule has 0 unspecified atom stereocenters. The van der Waals surface area contributed by atoms with Crippen LogP contribution < -0.4 is 10.0 Å². The molecule has 1 aliphatic rings. The average Bonchev–Trinajstić information content (AvgIpc) is 2.80. The molecular formula is C24H29N3O4S. The molecule has 2 N–H and O–H groups in total. The number of aryl methyl sites for hydroxylation is 1. The third kappa shape index (κ3) is 6.43. The van der Waals surface area contributed by atoms with E-state index in [0.29, 0.717) is 37.3 Å². The first-order valence-corrected chi connectivity index (χ1v) is 12.4. The van der Waals surface area contributed by atoms with Gasteiger partial charge in [0.15, 0.2) is 0 Å². The number of rotatable bonds is 7. The third-order valence-electron chi connectivity index (χ3n) is 5.53. The number of nitrogens with zero attached hydrogens (tertiary/aromatic N) is 1. The molecule has 2 amide bonds. The van der Waals surface area contributed by atoms with Crippen LogP contribution in [-0.2, 0) is 19.6 Å². The molecule has 0 radical (unpaired) electrons. The molecule has 1 saturated heterocycles. The van der Waals surface area contributed by atoms with E-state index in [-0.39, 0.29) is 23.5 Å². The van der Waals surface area contributed by atoms with Gasteiger partial charge in [-0.15, -0.1) is 0 Å². The summed E-state index contributed by atoms with van der Waals surface area (Å²) in [4.78, 5) is 26.9. The Bertz CT molecular complexity index is 1090. The number of carbonyl (C=O) groups is 2. The summed E-state index contributed by atoms with van der Waals surface area (Å²) >= 11 is 0. The molecule has 0 spiro atoms. The Kier molecular flexibility index (Phi) is 7.69. The number of likely N-dealkylation sites (tertiary alicyclic amines) is 1. The number of hydrogen-bond acceptors (Lipinski definition) is 4. The SMILES string of the molecule is CCS(=O)(=O)Nc1ccc(NC(=O)C2CCN(C(=O)/C=C/c3ccccc3)CC2)cc1C. The van der Waals surface area contributed by atoms with Gasteiger partial charge in [-0.25, -0.2) is 8.42 Å². The molecule has 2 aromatic rings. The molecule has 0 saturated carbocycles. The predicted molar refractivity (Wildman–Crippen MR) is 128 cm³/mol. The van der Waals surface area contributed by atoms with Gasteiger partial charge in [-0.2, -0.15) is 0 Å². The minimum Gasteiger partial charge on any atom is -0.339 e. The van der Waals surface area contributed by atoms with Gasteiger partial charge in [-0.3, -0.25) is 14.3 Å². The molecular weight excluding hydrogens is 426 g/mol. The smallest absolute Gasteiger partial charge is 0.246 e. The van der Waals surface area contributed by atoms with E-state index in [9.17, 15) is 18.0 Å². The molecule has 2 aromatic carbocycles. The number of nitrogens with one attached hydrogen (secondary N) is 2. The van der Waals surface area contributed by atoms with E-state index in [1.165, 1.54) is 0 Å². The molecule has 1 aliphatic heterocycles. The van der Waals surface area contributed by atoms with Crippen LogP contribution in [0, 0.1) is 12.8 Å². The topological polar surface area (TPSA) is 95.6 Å². The van der Waals surface area contributed by atoms with Crippen LogP contribution in [0.2, 0.25) is 0 Å². The Morgan fingerprint density at radius 1 is 1.09 bits per heavy atom. The Morgan fingerprint density at radius 2 is 1.78 bits per heavy atom. The molecule has 0 bridgehead atoms. The first kappa shape index (κ1) is 23.5. The van der Waals surface area contributed by atoms with Crippen molar-refractivity contribution in [2.75, 3.05) is 28.9 Å². The van der Waals surface area contributed by atoms with Crippen molar-refractivity contribution in [3.05, 3.63) is 65.7 Å². The maximum absolute atomic E-state index is 12.7. The van der Waals surface area contributed by atoms with Crippen molar-refractivity contribution in [1.82, 2.24) is 4.90 Å². The minimum absolute atomic E-state index is 0.00578. The Balaban J connectivity index is 1.51. The molecule has 7 nitrogen and oxygen atoms in total. The van der Waals surface area contributed by atoms with Crippen LogP contribution in [0.4, 0.5) is 11.4 Å². The zero-order valence-corrected chi connectivity index (χ0v) is 19.2. The van der Waals surface area contributed by atoms with Gasteiger partial charge in [-0.05, 0) is 62.1 Å². The summed E-state index contributed by atoms with van der Waals surface area (Å²) in [5, 5.41) is 2.91. The molecule has 32 heavy (non-hydrogen) atoms. The van der Waals surface area contributed by atoms with E-state index in [1.54, 1.807) is 49.1 Å². The van der Waals surface area contributed by atoms with Gasteiger partial charge < -0.3 is 10.2 Å². The lowest BCUT2D eigenvalue weighted by molar-refractivity contribution is -0.130. The summed E-state index contributed by atoms with van der Waals surface area (Å²) in [6.07, 6.45) is 4.58. The maximum atomic E-state index is 12.7. The number of sulfonamides is 1. The third-order valence-corrected chi connectivity index (χ3v) is 6.83. The first-order valence-electron chi connectivity index (χ1n) is 10.7. The van der Waals surface area contributed by atoms with Crippen LogP contribution in [0.3, 0.4) is 0 Å². The lowest BCUT2D eigenvalue weighted by Crippen LogP contribution is -2.40. The van der Waals surface area contributed by atoms with Crippen molar-refractivity contribution < 1.29 is 18.0 Å². The van der Waals surface area contributed by atoms with Crippen LogP contribution in [0.25, 0.3) is 6.08 Å². The molecule has 0 aromatic heterocycles. The van der Waals surface area contributed by atoms with E-state index in [1.807, 2.05) is 30.3 Å². The number of benzene rings is 2. The molecule has 170 valence electrons. The van der Waals surface area contributed by atoms with Crippen molar-refractivity contribution in [1.29, 1.82) is 0 Å². The molecule has 1 fully saturated rings. The van der Waals surface area contributed by atoms with E-state index in [4.69, 9.17) is 0 Å². The van der Waals surface area contributed by atoms with Crippen LogP contribution in [0.1, 0.15) is 30.9 Å². The summed E-state index contributed by atoms with van der Waals surface area (Å²) in [6.45, 7) is 4.43. The zero-order chi connectivity index (χ0) is 23.1. The number of piperidine rings is 1. The normalized spacial score (nSPS) is 15.0. The van der Waals surface area contributed by atoms with Crippen LogP contribution in [0.15, 0.2) is 54.6 Å². The number of hydrogen-bond donors (Lipinski definition) is 2. The minimum atomic E-state index is -3.35. The second-order valence-electron chi connectivity index (χ2n) is 7.87. The van der Waals surface area contributed by atoms with E-state index < -0.39 is 10.0 Å². The summed E-state index contributed by atoms with van der Waals surface area (Å²) in [5.41, 5.74) is 2.82. The van der Waals surface area contributed by atoms with E-state index in [2.05, 4.69) is 10.0 Å². The molecule has 1 heterocycles. The Morgan fingerprint density at radius 3 is 2.41 bits per heavy atom. The van der Waals surface area contributed by atoms with Crippen molar-refractivity contribution in [3.8, 4) is 0 Å². The highest BCUT2D eigenvalue weighted by atomic mass is 32.2. The first-order chi connectivity index (χ1) is 15.3. The standard InChI is InChI=1S/C24H29N3O4S/c1-3-32(30,31)26-22-11-10-21(17-18(22)2)25-24(29)20-13-15-27(16-14-20)23(28)12-9-19-7-5-4-6-8-19/h4-12,17,20,26H,3,13-16H2,1-2H3,(H,25,29)/b12-9+. The van der Waals surface area contributed by atoms with Gasteiger partial charge in [0.2, 0.25) is 21.8 Å². The van der Waals surface area contributed by atoms with Gasteiger partial charge >= 0.3 is 0 Å². The summed E-state index contributed by atoms with van der Waals surface area (Å²) < 4.78 is 26.1. The van der Waals surface area contributed by atoms with Crippen molar-refractivity contribution in [2.45, 2.75) is 26.7 Å². The monoisotopic (exact) mass is 455 g/mol. The van der Waals surface area contributed by atoms with Gasteiger partial charge in [0.1, 0.15) is 0 Å². The Labute approximate surface area is 189 Å². The highest BCUT2D eigenvalue weighted by molar-refractivity contribution is 7.92. The zero-order valence-electron chi connectivity index (χ0n) is 18.4. The molecule has 8 heteroatoms. The second-order valence-corrected chi connectivity index (χ2v) is 9.88. The van der Waals surface area contributed by atoms with Gasteiger partial charge in [-0.1, -0.05) is 30.3 Å². The largest absolute Gasteiger partial charge is 0.339 e. The van der Waals surface area contributed by atoms with Crippen LogP contribution >= 0.6 is 0 Å². The van der Waals surface area contributed by atoms with E-state index >= 15 is 0 Å². The molecule has 3 rings (SSSR count). The maximum Gasteiger partial charge on any atom is 0.246 e. The number of amides is 2. The van der Waals surface area contributed by atoms with Crippen molar-refractivity contribution in [2.24, 2.45) is 5.92 Å². The number of carbonyl (C=O) groups excluding carboxylic acids is 2. The van der Waals surface area contributed by atoms with Gasteiger partial charge in [0.05, 0.1) is 11.4 Å². The number of anilines is 2. The lowest BCUT2D eigenvalue weighted by atomic mass is 9.95. The van der Waals surface area contributed by atoms with E-state index in [0.717, 1.165) is 11.1 Å². The second kappa shape index (κ2) is 10.5. The van der Waals surface area contributed by atoms with Gasteiger partial charge in [0, 0.05) is 30.8 Å². The molecule has 0 atom stereocenters. The van der Waals surface area contributed by atoms with Crippen molar-refractivity contribution in [3.63, 3.8) is 0 Å². The van der Waals surface area contributed by atoms with Gasteiger partial charge in [0.25, 0.3) is 0 Å². The average molecular weight is 456 g/mol. The fourth-order valence-electron chi connectivity index (χ4n) is 3.54. The van der Waals surface area contributed by atoms with Crippen molar-refractivity contribution >= 4 is 39.3 Å². The fourth-order valence-corrected chi connectivity index (χ4v) is 4.25. The molecule has 0 aliphatic carbocycles. The highest BCUT2D eigenvalue weighted by Gasteiger charge is 2.26. The van der Waals surface area contributed by atoms with Crippen LogP contribution in [-0.4, -0.2) is 44.0 Å².